The largest absolute Gasteiger partial charge is 0.478 e. The minimum atomic E-state index is -4.75. The first-order chi connectivity index (χ1) is 23.4. The molecule has 0 bridgehead atoms. The minimum absolute atomic E-state index is 0.00985. The van der Waals surface area contributed by atoms with Crippen LogP contribution in [0.4, 0.5) is 22.0 Å². The molecule has 0 amide bonds. The second-order valence-electron chi connectivity index (χ2n) is 10.7. The maximum Gasteiger partial charge on any atom is 0.338 e. The Morgan fingerprint density at radius 1 is 0.755 bits per heavy atom. The number of halogens is 5. The second-order valence-corrected chi connectivity index (χ2v) is 12.4. The van der Waals surface area contributed by atoms with Crippen molar-refractivity contribution in [3.63, 3.8) is 0 Å². The topological polar surface area (TPSA) is 124 Å². The van der Waals surface area contributed by atoms with Gasteiger partial charge in [0.25, 0.3) is 16.4 Å². The van der Waals surface area contributed by atoms with Gasteiger partial charge in [0, 0.05) is 33.2 Å². The third-order valence-corrected chi connectivity index (χ3v) is 9.60. The average molecular weight is 684 g/mol. The highest BCUT2D eigenvalue weighted by Gasteiger charge is 2.31. The van der Waals surface area contributed by atoms with Crippen LogP contribution >= 0.6 is 0 Å². The first-order valence-corrected chi connectivity index (χ1v) is 15.6. The molecule has 0 spiro atoms. The fourth-order valence-electron chi connectivity index (χ4n) is 5.67. The summed E-state index contributed by atoms with van der Waals surface area (Å²) < 4.78 is 102. The Balaban J connectivity index is 1.77. The summed E-state index contributed by atoms with van der Waals surface area (Å²) in [6.45, 7) is 0. The first-order valence-electron chi connectivity index (χ1n) is 14.1. The molecular weight excluding hydrogens is 665 g/mol. The van der Waals surface area contributed by atoms with Gasteiger partial charge in [-0.15, -0.1) is 0 Å². The van der Waals surface area contributed by atoms with Crippen LogP contribution in [0.2, 0.25) is 0 Å². The van der Waals surface area contributed by atoms with E-state index in [0.29, 0.717) is 0 Å². The molecule has 0 unspecified atom stereocenters. The molecule has 1 aromatic heterocycles. The number of alkyl halides is 2. The van der Waals surface area contributed by atoms with E-state index in [0.717, 1.165) is 58.6 Å². The van der Waals surface area contributed by atoms with Crippen LogP contribution in [0.3, 0.4) is 0 Å². The van der Waals surface area contributed by atoms with Crippen LogP contribution < -0.4 is 0 Å². The molecule has 49 heavy (non-hydrogen) atoms. The summed E-state index contributed by atoms with van der Waals surface area (Å²) in [5.41, 5.74) is -2.35. The molecule has 6 aromatic rings. The zero-order valence-electron chi connectivity index (χ0n) is 24.6. The van der Waals surface area contributed by atoms with Gasteiger partial charge in [0.2, 0.25) is 0 Å². The second kappa shape index (κ2) is 12.4. The van der Waals surface area contributed by atoms with Gasteiger partial charge in [0.15, 0.2) is 11.6 Å². The van der Waals surface area contributed by atoms with Crippen LogP contribution in [0.1, 0.15) is 33.5 Å². The van der Waals surface area contributed by atoms with E-state index in [4.69, 9.17) is 0 Å². The van der Waals surface area contributed by atoms with E-state index >= 15 is 4.39 Å². The number of rotatable bonds is 7. The molecule has 7 nitrogen and oxygen atoms in total. The maximum absolute atomic E-state index is 15.3. The number of benzene rings is 5. The molecule has 0 aliphatic carbocycles. The van der Waals surface area contributed by atoms with Crippen LogP contribution in [0.5, 0.6) is 0 Å². The van der Waals surface area contributed by atoms with Gasteiger partial charge in [0.1, 0.15) is 5.82 Å². The van der Waals surface area contributed by atoms with E-state index < -0.39 is 55.9 Å². The van der Waals surface area contributed by atoms with E-state index in [9.17, 15) is 46.4 Å². The highest BCUT2D eigenvalue weighted by atomic mass is 32.2. The van der Waals surface area contributed by atoms with Crippen molar-refractivity contribution < 1.29 is 40.3 Å². The molecule has 13 heteroatoms. The van der Waals surface area contributed by atoms with Crippen molar-refractivity contribution in [3.8, 4) is 45.6 Å². The number of carboxylic acid groups (broad SMARTS) is 1. The normalized spacial score (nSPS) is 11.4. The van der Waals surface area contributed by atoms with E-state index in [2.05, 4.69) is 0 Å². The summed E-state index contributed by atoms with van der Waals surface area (Å²) in [5.74, 6) is -5.62. The lowest BCUT2D eigenvalue weighted by Gasteiger charge is -2.16. The van der Waals surface area contributed by atoms with Crippen molar-refractivity contribution in [2.45, 2.75) is 11.3 Å². The Kier molecular flexibility index (Phi) is 8.24. The highest BCUT2D eigenvalue weighted by molar-refractivity contribution is 7.90. The fraction of sp³-hybridized carbons (Fsp3) is 0.0278. The number of carboxylic acids is 1. The molecule has 0 aliphatic rings. The molecule has 0 saturated heterocycles. The van der Waals surface area contributed by atoms with Crippen molar-refractivity contribution >= 4 is 26.9 Å². The van der Waals surface area contributed by atoms with Gasteiger partial charge in [-0.25, -0.2) is 39.1 Å². The highest BCUT2D eigenvalue weighted by Crippen LogP contribution is 2.46. The van der Waals surface area contributed by atoms with E-state index in [1.165, 1.54) is 42.5 Å². The van der Waals surface area contributed by atoms with Gasteiger partial charge in [-0.05, 0) is 60.2 Å². The third-order valence-electron chi connectivity index (χ3n) is 7.87. The molecule has 0 radical (unpaired) electrons. The predicted molar refractivity (Wildman–Crippen MR) is 168 cm³/mol. The zero-order valence-corrected chi connectivity index (χ0v) is 25.4. The number of fused-ring (bicyclic) bond motifs is 1. The SMILES string of the molecule is N#Cc1cccc(C#N)c1-c1c(-c2cccc(-c3ccc(C(=O)O)c(F)c3F)c2)n(S(=O)(=O)c2ccc(C(F)F)cc2)c2ccc(F)cc12. The summed E-state index contributed by atoms with van der Waals surface area (Å²) >= 11 is 0. The Hall–Kier alpha value is -6.31. The van der Waals surface area contributed by atoms with Crippen LogP contribution in [-0.4, -0.2) is 23.5 Å². The molecule has 5 aromatic carbocycles. The minimum Gasteiger partial charge on any atom is -0.478 e. The molecule has 1 heterocycles. The van der Waals surface area contributed by atoms with E-state index in [1.54, 1.807) is 0 Å². The number of hydrogen-bond donors (Lipinski definition) is 1. The van der Waals surface area contributed by atoms with E-state index in [1.807, 2.05) is 12.1 Å². The number of aromatic nitrogens is 1. The van der Waals surface area contributed by atoms with Gasteiger partial charge in [0.05, 0.1) is 44.9 Å². The number of nitrogens with zero attached hydrogens (tertiary/aromatic N) is 3. The van der Waals surface area contributed by atoms with Crippen molar-refractivity contribution in [3.05, 3.63) is 137 Å². The summed E-state index contributed by atoms with van der Waals surface area (Å²) in [6.07, 6.45) is -2.89. The van der Waals surface area contributed by atoms with Gasteiger partial charge in [-0.1, -0.05) is 42.5 Å². The lowest BCUT2D eigenvalue weighted by Crippen LogP contribution is -2.14. The first kappa shape index (κ1) is 32.6. The number of aromatic carboxylic acids is 1. The molecule has 1 N–H and O–H groups in total. The molecule has 0 fully saturated rings. The number of hydrogen-bond acceptors (Lipinski definition) is 5. The molecular formula is C36H18F5N3O4S. The average Bonchev–Trinajstić information content (AvgIpc) is 3.43. The van der Waals surface area contributed by atoms with Crippen LogP contribution in [0, 0.1) is 40.1 Å². The predicted octanol–water partition coefficient (Wildman–Crippen LogP) is 8.68. The molecule has 0 saturated carbocycles. The zero-order chi connectivity index (χ0) is 35.2. The Bertz CT molecular complexity index is 2500. The fourth-order valence-corrected chi connectivity index (χ4v) is 7.22. The number of carbonyl (C=O) groups is 1. The smallest absolute Gasteiger partial charge is 0.338 e. The summed E-state index contributed by atoms with van der Waals surface area (Å²) in [7, 11) is -4.75. The van der Waals surface area contributed by atoms with Crippen LogP contribution in [0.15, 0.2) is 102 Å². The maximum atomic E-state index is 15.3. The van der Waals surface area contributed by atoms with Gasteiger partial charge >= 0.3 is 5.97 Å². The standard InChI is InChI=1S/C36H18F5N3O4S/c37-24-9-14-29-28(16-24)31(30-22(17-42)5-2-6-23(30)18-43)34(44(29)49(47,48)25-10-7-19(8-11-25)35(40)41)21-4-1-3-20(15-21)26-12-13-27(36(45)46)33(39)32(26)38/h1-16,35H,(H,45,46). The lowest BCUT2D eigenvalue weighted by atomic mass is 9.90. The van der Waals surface area contributed by atoms with Crippen molar-refractivity contribution in [1.29, 1.82) is 10.5 Å². The Morgan fingerprint density at radius 3 is 2.00 bits per heavy atom. The van der Waals surface area contributed by atoms with Crippen molar-refractivity contribution in [2.24, 2.45) is 0 Å². The summed E-state index contributed by atoms with van der Waals surface area (Å²) in [4.78, 5) is 10.9. The van der Waals surface area contributed by atoms with Crippen LogP contribution in [0.25, 0.3) is 44.4 Å². The van der Waals surface area contributed by atoms with E-state index in [-0.39, 0.29) is 55.5 Å². The molecule has 242 valence electrons. The van der Waals surface area contributed by atoms with Gasteiger partial charge in [-0.3, -0.25) is 0 Å². The van der Waals surface area contributed by atoms with Crippen molar-refractivity contribution in [1.82, 2.24) is 3.97 Å². The summed E-state index contributed by atoms with van der Waals surface area (Å²) in [6, 6.07) is 22.4. The summed E-state index contributed by atoms with van der Waals surface area (Å²) in [5, 5.41) is 29.3. The lowest BCUT2D eigenvalue weighted by molar-refractivity contribution is 0.0690. The van der Waals surface area contributed by atoms with Gasteiger partial charge in [-0.2, -0.15) is 10.5 Å². The third kappa shape index (κ3) is 5.46. The Labute approximate surface area is 275 Å². The van der Waals surface area contributed by atoms with Gasteiger partial charge < -0.3 is 5.11 Å². The molecule has 0 aliphatic heterocycles. The van der Waals surface area contributed by atoms with Crippen molar-refractivity contribution in [2.75, 3.05) is 0 Å². The monoisotopic (exact) mass is 683 g/mol. The molecule has 0 atom stereocenters. The molecule has 6 rings (SSSR count). The number of nitriles is 2. The van der Waals surface area contributed by atoms with Crippen LogP contribution in [-0.2, 0) is 10.0 Å². The quantitative estimate of drug-likeness (QED) is 0.168. The Morgan fingerprint density at radius 2 is 1.39 bits per heavy atom.